The molecule has 2 unspecified atom stereocenters. The lowest BCUT2D eigenvalue weighted by Gasteiger charge is -2.51. The Kier molecular flexibility index (Phi) is 7.05. The summed E-state index contributed by atoms with van der Waals surface area (Å²) in [7, 11) is 2.09. The first kappa shape index (κ1) is 27.8. The average molecular weight is 601 g/mol. The molecule has 2 saturated heterocycles. The van der Waals surface area contributed by atoms with Gasteiger partial charge in [0.15, 0.2) is 0 Å². The molecule has 3 aliphatic heterocycles. The fourth-order valence-electron chi connectivity index (χ4n) is 7.00. The van der Waals surface area contributed by atoms with Gasteiger partial charge in [0.1, 0.15) is 24.5 Å². The molecule has 7 rings (SSSR count). The summed E-state index contributed by atoms with van der Waals surface area (Å²) in [5, 5.41) is 2.75. The molecule has 0 spiro atoms. The Balaban J connectivity index is 1.26. The van der Waals surface area contributed by atoms with Crippen molar-refractivity contribution < 1.29 is 19.1 Å². The number of carbonyl (C=O) groups excluding carboxylic acids is 3. The second kappa shape index (κ2) is 10.9. The third kappa shape index (κ3) is 4.64. The van der Waals surface area contributed by atoms with Gasteiger partial charge in [0, 0.05) is 42.3 Å². The maximum Gasteiger partial charge on any atom is 0.318 e. The van der Waals surface area contributed by atoms with E-state index in [2.05, 4.69) is 41.6 Å². The number of hydrogen-bond donors (Lipinski definition) is 0. The molecule has 2 aromatic carbocycles. The van der Waals surface area contributed by atoms with Crippen LogP contribution in [0, 0.1) is 0 Å². The van der Waals surface area contributed by atoms with Crippen molar-refractivity contribution in [2.45, 2.75) is 43.9 Å². The molecule has 1 saturated carbocycles. The molecular formula is C32H33ClN6O4. The van der Waals surface area contributed by atoms with Crippen LogP contribution in [-0.4, -0.2) is 95.2 Å². The second-order valence-corrected chi connectivity index (χ2v) is 12.1. The summed E-state index contributed by atoms with van der Waals surface area (Å²) >= 11 is 6.68. The second-order valence-electron chi connectivity index (χ2n) is 11.7. The molecule has 10 nitrogen and oxygen atoms in total. The predicted octanol–water partition coefficient (Wildman–Crippen LogP) is 3.04. The fraction of sp³-hybridized carbons (Fsp3) is 0.406. The van der Waals surface area contributed by atoms with E-state index in [-0.39, 0.29) is 24.5 Å². The first-order chi connectivity index (χ1) is 20.9. The topological polar surface area (TPSA) is 99.2 Å². The van der Waals surface area contributed by atoms with E-state index in [1.54, 1.807) is 0 Å². The van der Waals surface area contributed by atoms with Crippen molar-refractivity contribution in [1.29, 1.82) is 0 Å². The molecule has 3 fully saturated rings. The first-order valence-electron chi connectivity index (χ1n) is 14.8. The number of likely N-dealkylation sites (tertiary alicyclic amines) is 1. The van der Waals surface area contributed by atoms with E-state index in [9.17, 15) is 14.4 Å². The summed E-state index contributed by atoms with van der Waals surface area (Å²) in [6.45, 7) is 6.90. The van der Waals surface area contributed by atoms with E-state index in [0.717, 1.165) is 47.1 Å². The summed E-state index contributed by atoms with van der Waals surface area (Å²) in [5.74, 6) is -0.796. The van der Waals surface area contributed by atoms with Gasteiger partial charge in [-0.1, -0.05) is 42.4 Å². The van der Waals surface area contributed by atoms with Crippen LogP contribution in [0.25, 0.3) is 10.8 Å². The average Bonchev–Trinajstić information content (AvgIpc) is 3.45. The number of benzene rings is 2. The number of aromatic nitrogens is 2. The van der Waals surface area contributed by atoms with E-state index in [0.29, 0.717) is 43.5 Å². The van der Waals surface area contributed by atoms with Crippen molar-refractivity contribution in [2.75, 3.05) is 49.6 Å². The number of ether oxygens (including phenoxy) is 1. The zero-order valence-electron chi connectivity index (χ0n) is 24.0. The zero-order valence-corrected chi connectivity index (χ0v) is 24.8. The van der Waals surface area contributed by atoms with Crippen LogP contribution in [0.3, 0.4) is 0 Å². The minimum Gasteiger partial charge on any atom is -0.462 e. The molecule has 0 N–H and O–H groups in total. The van der Waals surface area contributed by atoms with Crippen LogP contribution in [-0.2, 0) is 27.3 Å². The van der Waals surface area contributed by atoms with Crippen LogP contribution in [0.4, 0.5) is 11.5 Å². The van der Waals surface area contributed by atoms with Crippen molar-refractivity contribution in [2.24, 2.45) is 0 Å². The minimum absolute atomic E-state index is 0.256. The number of halogens is 1. The number of amides is 1. The Morgan fingerprint density at radius 1 is 1.07 bits per heavy atom. The molecule has 1 aliphatic carbocycles. The number of hydrogen-bond acceptors (Lipinski definition) is 9. The highest BCUT2D eigenvalue weighted by Gasteiger charge is 2.58. The lowest BCUT2D eigenvalue weighted by atomic mass is 9.78. The molecule has 1 amide bonds. The van der Waals surface area contributed by atoms with Gasteiger partial charge >= 0.3 is 6.01 Å². The third-order valence-corrected chi connectivity index (χ3v) is 9.65. The number of anilines is 2. The molecule has 4 aliphatic rings. The van der Waals surface area contributed by atoms with E-state index >= 15 is 0 Å². The number of piperazine rings is 1. The van der Waals surface area contributed by atoms with E-state index in [1.807, 2.05) is 23.1 Å². The smallest absolute Gasteiger partial charge is 0.318 e. The number of ketones is 2. The molecular weight excluding hydrogens is 568 g/mol. The van der Waals surface area contributed by atoms with Gasteiger partial charge in [-0.05, 0) is 56.4 Å². The maximum atomic E-state index is 13.0. The lowest BCUT2D eigenvalue weighted by Crippen LogP contribution is -2.76. The van der Waals surface area contributed by atoms with Gasteiger partial charge in [-0.3, -0.25) is 14.4 Å². The van der Waals surface area contributed by atoms with Gasteiger partial charge in [0.2, 0.25) is 17.5 Å². The lowest BCUT2D eigenvalue weighted by molar-refractivity contribution is -0.155. The van der Waals surface area contributed by atoms with Gasteiger partial charge in [-0.15, -0.1) is 0 Å². The highest BCUT2D eigenvalue weighted by atomic mass is 35.5. The number of fused-ring (bicyclic) bond motifs is 3. The van der Waals surface area contributed by atoms with E-state index in [1.165, 1.54) is 11.0 Å². The zero-order chi connectivity index (χ0) is 29.8. The number of likely N-dealkylation sites (N-methyl/N-ethyl adjacent to an activating group) is 1. The van der Waals surface area contributed by atoms with Crippen LogP contribution < -0.4 is 14.5 Å². The number of rotatable bonds is 6. The largest absolute Gasteiger partial charge is 0.462 e. The Bertz CT molecular complexity index is 1660. The van der Waals surface area contributed by atoms with Crippen LogP contribution in [0.2, 0.25) is 5.02 Å². The predicted molar refractivity (Wildman–Crippen MR) is 164 cm³/mol. The molecule has 0 radical (unpaired) electrons. The Hall–Kier alpha value is -4.02. The molecule has 3 aromatic rings. The highest BCUT2D eigenvalue weighted by molar-refractivity contribution is 6.50. The van der Waals surface area contributed by atoms with E-state index in [4.69, 9.17) is 26.3 Å². The summed E-state index contributed by atoms with van der Waals surface area (Å²) in [5.41, 5.74) is 2.77. The monoisotopic (exact) mass is 600 g/mol. The normalized spacial score (nSPS) is 23.7. The molecule has 222 valence electrons. The molecule has 1 aromatic heterocycles. The van der Waals surface area contributed by atoms with Crippen LogP contribution in [0.15, 0.2) is 49.1 Å². The van der Waals surface area contributed by atoms with Gasteiger partial charge in [-0.25, -0.2) is 0 Å². The summed E-state index contributed by atoms with van der Waals surface area (Å²) in [6, 6.07) is 11.0. The van der Waals surface area contributed by atoms with Gasteiger partial charge in [0.05, 0.1) is 17.3 Å². The summed E-state index contributed by atoms with van der Waals surface area (Å²) in [4.78, 5) is 55.8. The van der Waals surface area contributed by atoms with Crippen molar-refractivity contribution >= 4 is 51.4 Å². The Morgan fingerprint density at radius 3 is 2.63 bits per heavy atom. The van der Waals surface area contributed by atoms with Crippen LogP contribution >= 0.6 is 11.6 Å². The van der Waals surface area contributed by atoms with Gasteiger partial charge in [0.25, 0.3) is 0 Å². The quantitative estimate of drug-likeness (QED) is 0.312. The molecule has 4 heterocycles. The number of carbonyl (C=O) groups is 3. The molecule has 0 bridgehead atoms. The highest BCUT2D eigenvalue weighted by Crippen LogP contribution is 2.39. The first-order valence-corrected chi connectivity index (χ1v) is 15.2. The summed E-state index contributed by atoms with van der Waals surface area (Å²) in [6.07, 6.45) is 3.98. The van der Waals surface area contributed by atoms with Crippen molar-refractivity contribution in [3.05, 3.63) is 65.3 Å². The van der Waals surface area contributed by atoms with Crippen LogP contribution in [0.5, 0.6) is 6.01 Å². The molecule has 11 heteroatoms. The molecule has 3 atom stereocenters. The third-order valence-electron chi connectivity index (χ3n) is 9.33. The standard InChI is InChI=1S/C32H33ClN6O4/c1-3-25(40)38-15-16-39(28-27(38)29(41)30(28)42)31-21-12-14-37(24-11-5-8-19-7-4-10-22(33)26(19)24)17-23(21)34-32(35-31)43-18-20-9-6-13-36(20)2/h3-5,7-8,10-11,20,27-28H,1,6,9,12-18H2,2H3/t20-,27?,28?/m0/s1. The minimum atomic E-state index is -0.841. The van der Waals surface area contributed by atoms with Crippen molar-refractivity contribution in [1.82, 2.24) is 19.8 Å². The van der Waals surface area contributed by atoms with Gasteiger partial charge < -0.3 is 24.3 Å². The fourth-order valence-corrected chi connectivity index (χ4v) is 7.28. The summed E-state index contributed by atoms with van der Waals surface area (Å²) < 4.78 is 6.23. The van der Waals surface area contributed by atoms with Crippen LogP contribution in [0.1, 0.15) is 24.1 Å². The van der Waals surface area contributed by atoms with E-state index < -0.39 is 23.7 Å². The Labute approximate surface area is 254 Å². The maximum absolute atomic E-state index is 13.0. The van der Waals surface area contributed by atoms with Gasteiger partial charge in [-0.2, -0.15) is 9.97 Å². The number of Topliss-reactive ketones (excluding diaryl/α,β-unsaturated/α-hetero) is 2. The Morgan fingerprint density at radius 2 is 1.86 bits per heavy atom. The SMILES string of the molecule is C=CC(=O)N1CCN(c2nc(OC[C@@H]3CCCN3C)nc3c2CCN(c2cccc4cccc(Cl)c24)C3)C2C(=O)C(=O)C21. The van der Waals surface area contributed by atoms with Crippen molar-refractivity contribution in [3.8, 4) is 6.01 Å². The van der Waals surface area contributed by atoms with Crippen molar-refractivity contribution in [3.63, 3.8) is 0 Å². The molecule has 43 heavy (non-hydrogen) atoms. The number of nitrogens with zero attached hydrogens (tertiary/aromatic N) is 6.